The largest absolute Gasteiger partial charge is 0.479 e. The molecule has 2 aliphatic heterocycles. The molecule has 2 N–H and O–H groups in total. The first-order valence-corrected chi connectivity index (χ1v) is 10.6. The van der Waals surface area contributed by atoms with E-state index in [1.165, 1.54) is 16.7 Å². The summed E-state index contributed by atoms with van der Waals surface area (Å²) in [6.45, 7) is 5.39. The fraction of sp³-hybridized carbons (Fsp3) is 0.391. The number of aliphatic hydroxyl groups is 1. The molecular weight excluding hydrogens is 386 g/mol. The third-order valence-electron chi connectivity index (χ3n) is 6.33. The summed E-state index contributed by atoms with van der Waals surface area (Å²) in [6, 6.07) is 19.1. The predicted octanol–water partition coefficient (Wildman–Crippen LogP) is 3.33. The Morgan fingerprint density at radius 3 is 1.93 bits per heavy atom. The van der Waals surface area contributed by atoms with Crippen LogP contribution in [0.1, 0.15) is 37.8 Å². The van der Waals surface area contributed by atoms with Crippen LogP contribution in [0.3, 0.4) is 0 Å². The molecule has 152 valence electrons. The van der Waals surface area contributed by atoms with Crippen LogP contribution < -0.4 is 0 Å². The average molecular weight is 412 g/mol. The summed E-state index contributed by atoms with van der Waals surface area (Å²) in [5, 5.41) is 20.5. The second kappa shape index (κ2) is 6.89. The van der Waals surface area contributed by atoms with E-state index in [0.717, 1.165) is 11.1 Å². The Morgan fingerprint density at radius 2 is 1.52 bits per heavy atom. The minimum Gasteiger partial charge on any atom is -0.479 e. The van der Waals surface area contributed by atoms with E-state index in [1.807, 2.05) is 74.5 Å². The van der Waals surface area contributed by atoms with Gasteiger partial charge in [0.25, 0.3) is 0 Å². The van der Waals surface area contributed by atoms with Crippen LogP contribution in [-0.4, -0.2) is 48.8 Å². The molecule has 2 fully saturated rings. The van der Waals surface area contributed by atoms with Crippen molar-refractivity contribution < 1.29 is 19.8 Å². The summed E-state index contributed by atoms with van der Waals surface area (Å²) in [4.78, 5) is 27.7. The van der Waals surface area contributed by atoms with E-state index < -0.39 is 34.2 Å². The molecule has 2 aliphatic rings. The molecule has 0 aromatic heterocycles. The molecule has 4 rings (SSSR count). The maximum absolute atomic E-state index is 13.1. The summed E-state index contributed by atoms with van der Waals surface area (Å²) in [7, 11) is 0. The maximum atomic E-state index is 13.1. The van der Waals surface area contributed by atoms with Crippen LogP contribution in [0, 0.1) is 5.92 Å². The van der Waals surface area contributed by atoms with Crippen LogP contribution in [0.5, 0.6) is 0 Å². The van der Waals surface area contributed by atoms with Crippen molar-refractivity contribution in [1.29, 1.82) is 0 Å². The second-order valence-corrected chi connectivity index (χ2v) is 10.1. The number of thioether (sulfide) groups is 1. The van der Waals surface area contributed by atoms with Gasteiger partial charge >= 0.3 is 5.97 Å². The van der Waals surface area contributed by atoms with E-state index in [4.69, 9.17) is 0 Å². The number of fused-ring (bicyclic) bond motifs is 1. The number of carbonyl (C=O) groups is 2. The molecule has 4 atom stereocenters. The van der Waals surface area contributed by atoms with Gasteiger partial charge in [-0.1, -0.05) is 60.7 Å². The minimum absolute atomic E-state index is 0.290. The zero-order chi connectivity index (χ0) is 21.0. The van der Waals surface area contributed by atoms with Crippen molar-refractivity contribution in [3.63, 3.8) is 0 Å². The van der Waals surface area contributed by atoms with Crippen LogP contribution in [0.25, 0.3) is 0 Å². The molecule has 2 aromatic rings. The summed E-state index contributed by atoms with van der Waals surface area (Å²) >= 11 is 1.47. The first-order valence-electron chi connectivity index (χ1n) is 9.76. The Balaban J connectivity index is 1.97. The Morgan fingerprint density at radius 1 is 1.03 bits per heavy atom. The number of carboxylic acid groups (broad SMARTS) is 1. The third-order valence-corrected chi connectivity index (χ3v) is 7.97. The SMILES string of the molecule is CC(O)[C@H]1C(=O)N2[C@@H]1SC(C)(C)[C@@]2(C(=O)O)C(c1ccccc1)c1ccccc1. The number of aliphatic hydroxyl groups excluding tert-OH is 1. The highest BCUT2D eigenvalue weighted by atomic mass is 32.2. The monoisotopic (exact) mass is 411 g/mol. The van der Waals surface area contributed by atoms with E-state index in [2.05, 4.69) is 0 Å². The Hall–Kier alpha value is -2.31. The van der Waals surface area contributed by atoms with Gasteiger partial charge in [0, 0.05) is 10.7 Å². The second-order valence-electron chi connectivity index (χ2n) is 8.32. The van der Waals surface area contributed by atoms with Crippen LogP contribution in [0.4, 0.5) is 0 Å². The van der Waals surface area contributed by atoms with Gasteiger partial charge in [0.05, 0.1) is 17.4 Å². The Bertz CT molecular complexity index is 891. The van der Waals surface area contributed by atoms with Crippen molar-refractivity contribution in [2.45, 2.75) is 48.5 Å². The van der Waals surface area contributed by atoms with Crippen LogP contribution in [0.15, 0.2) is 60.7 Å². The lowest BCUT2D eigenvalue weighted by molar-refractivity contribution is -0.180. The van der Waals surface area contributed by atoms with Crippen molar-refractivity contribution in [3.8, 4) is 0 Å². The molecule has 0 spiro atoms. The number of amides is 1. The molecule has 29 heavy (non-hydrogen) atoms. The summed E-state index contributed by atoms with van der Waals surface area (Å²) in [6.07, 6.45) is -0.816. The van der Waals surface area contributed by atoms with Gasteiger partial charge in [0.2, 0.25) is 5.91 Å². The first kappa shape index (κ1) is 20.0. The van der Waals surface area contributed by atoms with Crippen LogP contribution in [-0.2, 0) is 9.59 Å². The zero-order valence-corrected chi connectivity index (χ0v) is 17.5. The average Bonchev–Trinajstić information content (AvgIpc) is 2.88. The maximum Gasteiger partial charge on any atom is 0.332 e. The van der Waals surface area contributed by atoms with Crippen molar-refractivity contribution in [2.24, 2.45) is 5.92 Å². The normalized spacial score (nSPS) is 28.7. The number of rotatable bonds is 5. The highest BCUT2D eigenvalue weighted by Crippen LogP contribution is 2.64. The molecule has 0 aliphatic carbocycles. The number of hydrogen-bond donors (Lipinski definition) is 2. The lowest BCUT2D eigenvalue weighted by Gasteiger charge is -2.53. The Kier molecular flexibility index (Phi) is 4.74. The summed E-state index contributed by atoms with van der Waals surface area (Å²) in [5.41, 5.74) is 0.223. The standard InChI is InChI=1S/C23H25NO4S/c1-14(25)17-19(26)24-20(17)29-22(2,3)23(24,21(27)28)18(15-10-6-4-7-11-15)16-12-8-5-9-13-16/h4-14,17-18,20,25H,1-3H3,(H,27,28)/t14?,17-,20+,23-/m0/s1. The molecule has 0 radical (unpaired) electrons. The van der Waals surface area contributed by atoms with Gasteiger partial charge in [0.1, 0.15) is 0 Å². The van der Waals surface area contributed by atoms with E-state index >= 15 is 0 Å². The number of aliphatic carboxylic acids is 1. The molecule has 6 heteroatoms. The number of carbonyl (C=O) groups excluding carboxylic acids is 1. The van der Waals surface area contributed by atoms with Crippen molar-refractivity contribution in [2.75, 3.05) is 0 Å². The fourth-order valence-corrected chi connectivity index (χ4v) is 7.00. The van der Waals surface area contributed by atoms with E-state index in [1.54, 1.807) is 6.92 Å². The molecule has 1 unspecified atom stereocenters. The number of nitrogens with zero attached hydrogens (tertiary/aromatic N) is 1. The highest BCUT2D eigenvalue weighted by Gasteiger charge is 2.75. The first-order chi connectivity index (χ1) is 13.7. The number of carboxylic acids is 1. The van der Waals surface area contributed by atoms with Gasteiger partial charge in [-0.3, -0.25) is 4.79 Å². The molecule has 0 bridgehead atoms. The van der Waals surface area contributed by atoms with Gasteiger partial charge in [-0.2, -0.15) is 0 Å². The lowest BCUT2D eigenvalue weighted by Crippen LogP contribution is -2.73. The molecule has 2 aromatic carbocycles. The van der Waals surface area contributed by atoms with Gasteiger partial charge in [-0.15, -0.1) is 11.8 Å². The van der Waals surface area contributed by atoms with Gasteiger partial charge < -0.3 is 15.1 Å². The van der Waals surface area contributed by atoms with Crippen LogP contribution >= 0.6 is 11.8 Å². The molecule has 0 saturated carbocycles. The molecule has 2 heterocycles. The summed E-state index contributed by atoms with van der Waals surface area (Å²) in [5.74, 6) is -2.43. The smallest absolute Gasteiger partial charge is 0.332 e. The molecular formula is C23H25NO4S. The molecule has 2 saturated heterocycles. The molecule has 1 amide bonds. The van der Waals surface area contributed by atoms with Crippen LogP contribution in [0.2, 0.25) is 0 Å². The minimum atomic E-state index is -1.48. The number of β-lactam (4-membered cyclic amide) rings is 1. The topological polar surface area (TPSA) is 77.8 Å². The predicted molar refractivity (Wildman–Crippen MR) is 113 cm³/mol. The van der Waals surface area contributed by atoms with E-state index in [-0.39, 0.29) is 11.3 Å². The number of hydrogen-bond acceptors (Lipinski definition) is 4. The summed E-state index contributed by atoms with van der Waals surface area (Å²) < 4.78 is -0.779. The van der Waals surface area contributed by atoms with Crippen molar-refractivity contribution in [3.05, 3.63) is 71.8 Å². The lowest BCUT2D eigenvalue weighted by atomic mass is 9.65. The Labute approximate surface area is 174 Å². The van der Waals surface area contributed by atoms with Gasteiger partial charge in [-0.25, -0.2) is 4.79 Å². The van der Waals surface area contributed by atoms with Gasteiger partial charge in [-0.05, 0) is 31.9 Å². The van der Waals surface area contributed by atoms with E-state index in [0.29, 0.717) is 0 Å². The highest BCUT2D eigenvalue weighted by molar-refractivity contribution is 8.01. The van der Waals surface area contributed by atoms with Gasteiger partial charge in [0.15, 0.2) is 5.54 Å². The van der Waals surface area contributed by atoms with E-state index in [9.17, 15) is 19.8 Å². The number of benzene rings is 2. The van der Waals surface area contributed by atoms with Crippen molar-refractivity contribution >= 4 is 23.6 Å². The molecule has 5 nitrogen and oxygen atoms in total. The third kappa shape index (κ3) is 2.66. The zero-order valence-electron chi connectivity index (χ0n) is 16.6. The fourth-order valence-electron chi connectivity index (χ4n) is 5.05. The quantitative estimate of drug-likeness (QED) is 0.738. The van der Waals surface area contributed by atoms with Crippen molar-refractivity contribution in [1.82, 2.24) is 4.90 Å².